The number of hydrogen-bond acceptors (Lipinski definition) is 5. The fourth-order valence-electron chi connectivity index (χ4n) is 1.50. The van der Waals surface area contributed by atoms with Crippen molar-refractivity contribution in [3.8, 4) is 11.5 Å². The largest absolute Gasteiger partial charge is 0.508 e. The van der Waals surface area contributed by atoms with Crippen LogP contribution in [0.4, 0.5) is 5.69 Å². The number of rotatable bonds is 4. The van der Waals surface area contributed by atoms with Gasteiger partial charge in [-0.1, -0.05) is 11.8 Å². The zero-order valence-electron chi connectivity index (χ0n) is 10.1. The lowest BCUT2D eigenvalue weighted by Gasteiger charge is -2.05. The molecule has 0 bridgehead atoms. The van der Waals surface area contributed by atoms with Crippen LogP contribution in [0.3, 0.4) is 0 Å². The van der Waals surface area contributed by atoms with Crippen molar-refractivity contribution in [1.82, 2.24) is 0 Å². The molecule has 0 atom stereocenters. The minimum absolute atomic E-state index is 0.0267. The number of methoxy groups -OCH3 is 1. The molecule has 0 fully saturated rings. The third-order valence-electron chi connectivity index (χ3n) is 2.43. The van der Waals surface area contributed by atoms with Gasteiger partial charge in [0.15, 0.2) is 0 Å². The molecule has 0 saturated carbocycles. The van der Waals surface area contributed by atoms with Crippen molar-refractivity contribution in [3.05, 3.63) is 52.6 Å². The van der Waals surface area contributed by atoms with E-state index in [2.05, 4.69) is 0 Å². The Bertz CT molecular complexity index is 598. The van der Waals surface area contributed by atoms with Crippen molar-refractivity contribution < 1.29 is 14.8 Å². The highest BCUT2D eigenvalue weighted by Crippen LogP contribution is 2.37. The second kappa shape index (κ2) is 5.62. The summed E-state index contributed by atoms with van der Waals surface area (Å²) in [6.45, 7) is 0. The molecule has 1 N–H and O–H groups in total. The number of nitro groups is 1. The van der Waals surface area contributed by atoms with E-state index in [0.29, 0.717) is 10.6 Å². The van der Waals surface area contributed by atoms with Crippen molar-refractivity contribution >= 4 is 17.4 Å². The van der Waals surface area contributed by atoms with Crippen molar-refractivity contribution in [2.24, 2.45) is 0 Å². The van der Waals surface area contributed by atoms with Crippen LogP contribution in [0.25, 0.3) is 0 Å². The van der Waals surface area contributed by atoms with Gasteiger partial charge >= 0.3 is 0 Å². The number of ether oxygens (including phenoxy) is 1. The molecule has 19 heavy (non-hydrogen) atoms. The SMILES string of the molecule is COc1ccc([N+](=O)[O-])c(Sc2ccc(O)cc2)c1. The second-order valence-electron chi connectivity index (χ2n) is 3.69. The Morgan fingerprint density at radius 1 is 1.21 bits per heavy atom. The number of hydrogen-bond donors (Lipinski definition) is 1. The van der Waals surface area contributed by atoms with E-state index in [-0.39, 0.29) is 11.4 Å². The summed E-state index contributed by atoms with van der Waals surface area (Å²) in [4.78, 5) is 11.8. The Kier molecular flexibility index (Phi) is 3.91. The Morgan fingerprint density at radius 2 is 1.89 bits per heavy atom. The molecule has 2 aromatic carbocycles. The van der Waals surface area contributed by atoms with Gasteiger partial charge < -0.3 is 9.84 Å². The fourth-order valence-corrected chi connectivity index (χ4v) is 2.44. The van der Waals surface area contributed by atoms with Crippen LogP contribution in [0, 0.1) is 10.1 Å². The first-order valence-electron chi connectivity index (χ1n) is 5.39. The summed E-state index contributed by atoms with van der Waals surface area (Å²) in [6.07, 6.45) is 0. The molecule has 0 aromatic heterocycles. The van der Waals surface area contributed by atoms with Gasteiger partial charge in [0, 0.05) is 17.0 Å². The van der Waals surface area contributed by atoms with Crippen LogP contribution in [0.1, 0.15) is 0 Å². The van der Waals surface area contributed by atoms with Gasteiger partial charge in [-0.15, -0.1) is 0 Å². The standard InChI is InChI=1S/C13H11NO4S/c1-18-10-4-7-12(14(16)17)13(8-10)19-11-5-2-9(15)3-6-11/h2-8,15H,1H3. The number of nitrogens with zero attached hydrogens (tertiary/aromatic N) is 1. The van der Waals surface area contributed by atoms with Crippen molar-refractivity contribution in [1.29, 1.82) is 0 Å². The van der Waals surface area contributed by atoms with Crippen LogP contribution in [0.15, 0.2) is 52.3 Å². The minimum atomic E-state index is -0.428. The Morgan fingerprint density at radius 3 is 2.47 bits per heavy atom. The highest BCUT2D eigenvalue weighted by Gasteiger charge is 2.15. The lowest BCUT2D eigenvalue weighted by atomic mass is 10.3. The average molecular weight is 277 g/mol. The molecule has 0 aliphatic carbocycles. The summed E-state index contributed by atoms with van der Waals surface area (Å²) in [5.41, 5.74) is 0.0267. The Balaban J connectivity index is 2.36. The summed E-state index contributed by atoms with van der Waals surface area (Å²) in [5.74, 6) is 0.719. The smallest absolute Gasteiger partial charge is 0.283 e. The quantitative estimate of drug-likeness (QED) is 0.684. The van der Waals surface area contributed by atoms with E-state index in [1.807, 2.05) is 0 Å². The molecule has 0 aliphatic heterocycles. The van der Waals surface area contributed by atoms with Gasteiger partial charge in [-0.3, -0.25) is 10.1 Å². The van der Waals surface area contributed by atoms with E-state index >= 15 is 0 Å². The molecular weight excluding hydrogens is 266 g/mol. The first kappa shape index (κ1) is 13.2. The maximum absolute atomic E-state index is 11.0. The molecule has 5 nitrogen and oxygen atoms in total. The molecule has 0 amide bonds. The van der Waals surface area contributed by atoms with Crippen LogP contribution in [-0.2, 0) is 0 Å². The molecule has 0 spiro atoms. The van der Waals surface area contributed by atoms with Gasteiger partial charge in [0.05, 0.1) is 16.9 Å². The third kappa shape index (κ3) is 3.17. The number of nitro benzene ring substituents is 1. The summed E-state index contributed by atoms with van der Waals surface area (Å²) < 4.78 is 5.07. The molecule has 98 valence electrons. The predicted molar refractivity (Wildman–Crippen MR) is 71.9 cm³/mol. The first-order chi connectivity index (χ1) is 9.10. The molecular formula is C13H11NO4S. The number of aromatic hydroxyl groups is 1. The molecule has 0 saturated heterocycles. The minimum Gasteiger partial charge on any atom is -0.508 e. The van der Waals surface area contributed by atoms with Crippen LogP contribution in [0.2, 0.25) is 0 Å². The molecule has 0 radical (unpaired) electrons. The van der Waals surface area contributed by atoms with Gasteiger partial charge in [-0.05, 0) is 30.3 Å². The van der Waals surface area contributed by atoms with Crippen molar-refractivity contribution in [2.45, 2.75) is 9.79 Å². The van der Waals surface area contributed by atoms with Crippen LogP contribution >= 0.6 is 11.8 Å². The highest BCUT2D eigenvalue weighted by molar-refractivity contribution is 7.99. The van der Waals surface area contributed by atoms with Gasteiger partial charge in [0.2, 0.25) is 0 Å². The van der Waals surface area contributed by atoms with Crippen LogP contribution in [0.5, 0.6) is 11.5 Å². The highest BCUT2D eigenvalue weighted by atomic mass is 32.2. The van der Waals surface area contributed by atoms with Crippen LogP contribution in [-0.4, -0.2) is 17.1 Å². The molecule has 6 heteroatoms. The van der Waals surface area contributed by atoms with E-state index < -0.39 is 4.92 Å². The summed E-state index contributed by atoms with van der Waals surface area (Å²) in [7, 11) is 1.51. The molecule has 0 unspecified atom stereocenters. The predicted octanol–water partition coefficient (Wildman–Crippen LogP) is 3.46. The zero-order valence-corrected chi connectivity index (χ0v) is 10.9. The lowest BCUT2D eigenvalue weighted by molar-refractivity contribution is -0.387. The van der Waals surface area contributed by atoms with Crippen molar-refractivity contribution in [2.75, 3.05) is 7.11 Å². The van der Waals surface area contributed by atoms with Gasteiger partial charge in [-0.25, -0.2) is 0 Å². The van der Waals surface area contributed by atoms with E-state index in [1.54, 1.807) is 24.3 Å². The van der Waals surface area contributed by atoms with Crippen LogP contribution < -0.4 is 4.74 Å². The number of benzene rings is 2. The summed E-state index contributed by atoms with van der Waals surface area (Å²) in [6, 6.07) is 11.1. The Labute approximate surface area is 114 Å². The first-order valence-corrected chi connectivity index (χ1v) is 6.21. The summed E-state index contributed by atoms with van der Waals surface area (Å²) >= 11 is 1.25. The number of phenols is 1. The summed E-state index contributed by atoms with van der Waals surface area (Å²) in [5, 5.41) is 20.2. The molecule has 0 heterocycles. The molecule has 2 aromatic rings. The maximum atomic E-state index is 11.0. The van der Waals surface area contributed by atoms with Gasteiger partial charge in [0.25, 0.3) is 5.69 Å². The molecule has 2 rings (SSSR count). The normalized spacial score (nSPS) is 10.2. The number of phenolic OH excluding ortho intramolecular Hbond substituents is 1. The van der Waals surface area contributed by atoms with E-state index in [9.17, 15) is 15.2 Å². The fraction of sp³-hybridized carbons (Fsp3) is 0.0769. The molecule has 0 aliphatic rings. The van der Waals surface area contributed by atoms with Gasteiger partial charge in [-0.2, -0.15) is 0 Å². The van der Waals surface area contributed by atoms with E-state index in [4.69, 9.17) is 4.74 Å². The topological polar surface area (TPSA) is 72.6 Å². The lowest BCUT2D eigenvalue weighted by Crippen LogP contribution is -1.92. The van der Waals surface area contributed by atoms with E-state index in [0.717, 1.165) is 4.90 Å². The third-order valence-corrected chi connectivity index (χ3v) is 3.48. The average Bonchev–Trinajstić information content (AvgIpc) is 2.41. The van der Waals surface area contributed by atoms with Crippen molar-refractivity contribution in [3.63, 3.8) is 0 Å². The maximum Gasteiger partial charge on any atom is 0.283 e. The van der Waals surface area contributed by atoms with Gasteiger partial charge in [0.1, 0.15) is 11.5 Å². The van der Waals surface area contributed by atoms with E-state index in [1.165, 1.54) is 37.1 Å². The zero-order chi connectivity index (χ0) is 13.8. The monoisotopic (exact) mass is 277 g/mol. The Hall–Kier alpha value is -2.21. The second-order valence-corrected chi connectivity index (χ2v) is 4.80.